The van der Waals surface area contributed by atoms with Crippen molar-refractivity contribution in [1.29, 1.82) is 0 Å². The fraction of sp³-hybridized carbons (Fsp3) is 0.786. The van der Waals surface area contributed by atoms with E-state index in [2.05, 4.69) is 24.5 Å². The lowest BCUT2D eigenvalue weighted by Gasteiger charge is -2.13. The molecule has 7 heteroatoms. The van der Waals surface area contributed by atoms with E-state index in [-0.39, 0.29) is 0 Å². The number of urea groups is 1. The van der Waals surface area contributed by atoms with Gasteiger partial charge in [0, 0.05) is 6.54 Å². The van der Waals surface area contributed by atoms with Crippen molar-refractivity contribution in [2.75, 3.05) is 6.54 Å². The third-order valence-electron chi connectivity index (χ3n) is 2.98. The largest absolute Gasteiger partial charge is 0.481 e. The molecule has 4 N–H and O–H groups in total. The summed E-state index contributed by atoms with van der Waals surface area (Å²) in [7, 11) is 0. The van der Waals surface area contributed by atoms with Crippen LogP contribution in [0.4, 0.5) is 4.79 Å². The first-order valence-corrected chi connectivity index (χ1v) is 7.32. The van der Waals surface area contributed by atoms with Crippen LogP contribution in [0.3, 0.4) is 0 Å². The minimum absolute atomic E-state index is 0.451. The second-order valence-electron chi connectivity index (χ2n) is 5.49. The summed E-state index contributed by atoms with van der Waals surface area (Å²) in [5.41, 5.74) is 0. The quantitative estimate of drug-likeness (QED) is 0.434. The first-order valence-electron chi connectivity index (χ1n) is 7.32. The lowest BCUT2D eigenvalue weighted by atomic mass is 10.0. The predicted octanol–water partition coefficient (Wildman–Crippen LogP) is 1.82. The van der Waals surface area contributed by atoms with Gasteiger partial charge in [-0.2, -0.15) is 0 Å². The number of amides is 2. The highest BCUT2D eigenvalue weighted by Crippen LogP contribution is 2.08. The standard InChI is InChI=1S/C14H26N2O5/c1-10(2)7-5-3-4-6-8-15-14(21)16-11(13(19)20)9-12(17)18/h10-11H,3-9H2,1-2H3,(H,17,18)(H,19,20)(H2,15,16,21)/t11-/m0/s1. The summed E-state index contributed by atoms with van der Waals surface area (Å²) in [5, 5.41) is 22.0. The van der Waals surface area contributed by atoms with Gasteiger partial charge in [-0.15, -0.1) is 0 Å². The Morgan fingerprint density at radius 3 is 2.14 bits per heavy atom. The van der Waals surface area contributed by atoms with E-state index in [9.17, 15) is 14.4 Å². The Labute approximate surface area is 125 Å². The topological polar surface area (TPSA) is 116 Å². The second-order valence-corrected chi connectivity index (χ2v) is 5.49. The summed E-state index contributed by atoms with van der Waals surface area (Å²) >= 11 is 0. The lowest BCUT2D eigenvalue weighted by molar-refractivity contribution is -0.145. The Morgan fingerprint density at radius 1 is 1.00 bits per heavy atom. The van der Waals surface area contributed by atoms with Gasteiger partial charge in [0.1, 0.15) is 6.04 Å². The normalized spacial score (nSPS) is 12.0. The van der Waals surface area contributed by atoms with Gasteiger partial charge in [-0.1, -0.05) is 39.5 Å². The molecule has 0 aromatic heterocycles. The molecule has 0 unspecified atom stereocenters. The van der Waals surface area contributed by atoms with Crippen molar-refractivity contribution in [3.8, 4) is 0 Å². The molecule has 0 aliphatic rings. The Kier molecular flexibility index (Phi) is 10.0. The highest BCUT2D eigenvalue weighted by atomic mass is 16.4. The van der Waals surface area contributed by atoms with Crippen LogP contribution in [0.1, 0.15) is 52.4 Å². The van der Waals surface area contributed by atoms with Gasteiger partial charge < -0.3 is 20.8 Å². The third kappa shape index (κ3) is 11.7. The predicted molar refractivity (Wildman–Crippen MR) is 78.1 cm³/mol. The number of carbonyl (C=O) groups excluding carboxylic acids is 1. The highest BCUT2D eigenvalue weighted by molar-refractivity contribution is 5.86. The van der Waals surface area contributed by atoms with Gasteiger partial charge in [0.15, 0.2) is 0 Å². The fourth-order valence-corrected chi connectivity index (χ4v) is 1.82. The molecule has 21 heavy (non-hydrogen) atoms. The van der Waals surface area contributed by atoms with Crippen molar-refractivity contribution in [3.63, 3.8) is 0 Å². The van der Waals surface area contributed by atoms with E-state index in [1.54, 1.807) is 0 Å². The summed E-state index contributed by atoms with van der Waals surface area (Å²) in [4.78, 5) is 32.7. The second kappa shape index (κ2) is 10.9. The number of carboxylic acid groups (broad SMARTS) is 2. The Bertz CT molecular complexity index is 344. The summed E-state index contributed by atoms with van der Waals surface area (Å²) in [6.07, 6.45) is 4.66. The van der Waals surface area contributed by atoms with Gasteiger partial charge in [0.25, 0.3) is 0 Å². The molecule has 0 spiro atoms. The third-order valence-corrected chi connectivity index (χ3v) is 2.98. The van der Waals surface area contributed by atoms with E-state index in [0.29, 0.717) is 12.5 Å². The molecule has 0 saturated heterocycles. The molecule has 0 aliphatic heterocycles. The zero-order valence-corrected chi connectivity index (χ0v) is 12.7. The van der Waals surface area contributed by atoms with E-state index in [4.69, 9.17) is 10.2 Å². The van der Waals surface area contributed by atoms with E-state index >= 15 is 0 Å². The number of aliphatic carboxylic acids is 2. The average Bonchev–Trinajstić information content (AvgIpc) is 2.35. The molecular formula is C14H26N2O5. The Hall–Kier alpha value is -1.79. The van der Waals surface area contributed by atoms with Crippen molar-refractivity contribution < 1.29 is 24.6 Å². The first kappa shape index (κ1) is 19.2. The van der Waals surface area contributed by atoms with E-state index in [1.165, 1.54) is 12.8 Å². The van der Waals surface area contributed by atoms with Crippen molar-refractivity contribution in [2.45, 2.75) is 58.4 Å². The molecule has 0 aromatic carbocycles. The van der Waals surface area contributed by atoms with Gasteiger partial charge >= 0.3 is 18.0 Å². The number of carbonyl (C=O) groups is 3. The number of rotatable bonds is 11. The summed E-state index contributed by atoms with van der Waals surface area (Å²) in [5.74, 6) is -1.93. The SMILES string of the molecule is CC(C)CCCCCCNC(=O)N[C@@H](CC(=O)O)C(=O)O. The van der Waals surface area contributed by atoms with Gasteiger partial charge in [-0.05, 0) is 12.3 Å². The molecule has 7 nitrogen and oxygen atoms in total. The van der Waals surface area contributed by atoms with Gasteiger partial charge in [0.05, 0.1) is 6.42 Å². The van der Waals surface area contributed by atoms with Crippen LogP contribution < -0.4 is 10.6 Å². The van der Waals surface area contributed by atoms with Crippen LogP contribution in [0.25, 0.3) is 0 Å². The molecule has 0 bridgehead atoms. The van der Waals surface area contributed by atoms with Crippen LogP contribution in [0.2, 0.25) is 0 Å². The molecular weight excluding hydrogens is 276 g/mol. The summed E-state index contributed by atoms with van der Waals surface area (Å²) in [6.45, 7) is 4.82. The number of hydrogen-bond acceptors (Lipinski definition) is 3. The zero-order valence-electron chi connectivity index (χ0n) is 12.7. The van der Waals surface area contributed by atoms with Crippen molar-refractivity contribution >= 4 is 18.0 Å². The summed E-state index contributed by atoms with van der Waals surface area (Å²) in [6, 6.07) is -2.06. The minimum Gasteiger partial charge on any atom is -0.481 e. The maximum absolute atomic E-state index is 11.4. The molecule has 0 aliphatic carbocycles. The van der Waals surface area contributed by atoms with Crippen LogP contribution in [-0.4, -0.2) is 40.8 Å². The Balaban J connectivity index is 3.73. The van der Waals surface area contributed by atoms with Crippen LogP contribution in [0.5, 0.6) is 0 Å². The fourth-order valence-electron chi connectivity index (χ4n) is 1.82. The molecule has 0 rings (SSSR count). The minimum atomic E-state index is -1.41. The maximum atomic E-state index is 11.4. The smallest absolute Gasteiger partial charge is 0.326 e. The summed E-state index contributed by atoms with van der Waals surface area (Å²) < 4.78 is 0. The van der Waals surface area contributed by atoms with Crippen LogP contribution >= 0.6 is 0 Å². The van der Waals surface area contributed by atoms with Gasteiger partial charge in [-0.3, -0.25) is 4.79 Å². The van der Waals surface area contributed by atoms with E-state index in [0.717, 1.165) is 19.3 Å². The van der Waals surface area contributed by atoms with E-state index < -0.39 is 30.4 Å². The van der Waals surface area contributed by atoms with Crippen LogP contribution in [0.15, 0.2) is 0 Å². The molecule has 2 amide bonds. The molecule has 122 valence electrons. The first-order chi connectivity index (χ1) is 9.82. The number of unbranched alkanes of at least 4 members (excludes halogenated alkanes) is 3. The Morgan fingerprint density at radius 2 is 1.62 bits per heavy atom. The highest BCUT2D eigenvalue weighted by Gasteiger charge is 2.22. The molecule has 0 saturated carbocycles. The maximum Gasteiger partial charge on any atom is 0.326 e. The molecule has 1 atom stereocenters. The molecule has 0 heterocycles. The zero-order chi connectivity index (χ0) is 16.3. The van der Waals surface area contributed by atoms with Crippen molar-refractivity contribution in [3.05, 3.63) is 0 Å². The van der Waals surface area contributed by atoms with Crippen molar-refractivity contribution in [2.24, 2.45) is 5.92 Å². The molecule has 0 aromatic rings. The number of nitrogens with one attached hydrogen (secondary N) is 2. The van der Waals surface area contributed by atoms with Crippen LogP contribution in [-0.2, 0) is 9.59 Å². The van der Waals surface area contributed by atoms with Gasteiger partial charge in [0.2, 0.25) is 0 Å². The van der Waals surface area contributed by atoms with Gasteiger partial charge in [-0.25, -0.2) is 9.59 Å². The monoisotopic (exact) mass is 302 g/mol. The number of carboxylic acids is 2. The van der Waals surface area contributed by atoms with E-state index in [1.807, 2.05) is 0 Å². The molecule has 0 fully saturated rings. The molecule has 0 radical (unpaired) electrons. The van der Waals surface area contributed by atoms with Crippen LogP contribution in [0, 0.1) is 5.92 Å². The van der Waals surface area contributed by atoms with Crippen molar-refractivity contribution in [1.82, 2.24) is 10.6 Å². The average molecular weight is 302 g/mol. The number of hydrogen-bond donors (Lipinski definition) is 4. The lowest BCUT2D eigenvalue weighted by Crippen LogP contribution is -2.47.